The maximum absolute atomic E-state index is 12.8. The van der Waals surface area contributed by atoms with Gasteiger partial charge in [0.25, 0.3) is 0 Å². The fraction of sp³-hybridized carbons (Fsp3) is 0.609. The molecule has 164 valence electrons. The lowest BCUT2D eigenvalue weighted by molar-refractivity contribution is -0.217. The van der Waals surface area contributed by atoms with Gasteiger partial charge in [0, 0.05) is 12.8 Å². The van der Waals surface area contributed by atoms with Gasteiger partial charge in [-0.2, -0.15) is 0 Å². The monoisotopic (exact) mass is 418 g/mol. The van der Waals surface area contributed by atoms with Gasteiger partial charge >= 0.3 is 5.97 Å². The van der Waals surface area contributed by atoms with Gasteiger partial charge in [-0.25, -0.2) is 4.79 Å². The summed E-state index contributed by atoms with van der Waals surface area (Å²) in [5.41, 5.74) is 0.440. The highest BCUT2D eigenvalue weighted by Crippen LogP contribution is 2.46. The first-order chi connectivity index (χ1) is 14.6. The van der Waals surface area contributed by atoms with Crippen molar-refractivity contribution in [3.8, 4) is 0 Å². The second-order valence-corrected chi connectivity index (χ2v) is 8.29. The zero-order valence-corrected chi connectivity index (χ0v) is 17.0. The summed E-state index contributed by atoms with van der Waals surface area (Å²) in [6.07, 6.45) is 2.24. The summed E-state index contributed by atoms with van der Waals surface area (Å²) in [5.74, 6) is -1.23. The maximum atomic E-state index is 12.8. The van der Waals surface area contributed by atoms with Gasteiger partial charge in [-0.1, -0.05) is 30.7 Å². The van der Waals surface area contributed by atoms with E-state index < -0.39 is 55.0 Å². The fourth-order valence-corrected chi connectivity index (χ4v) is 4.74. The zero-order valence-electron chi connectivity index (χ0n) is 17.0. The largest absolute Gasteiger partial charge is 0.453 e. The first kappa shape index (κ1) is 21.5. The Morgan fingerprint density at radius 2 is 1.90 bits per heavy atom. The minimum atomic E-state index is -1.13. The molecule has 1 spiro atoms. The maximum Gasteiger partial charge on any atom is 0.338 e. The minimum absolute atomic E-state index is 0.404. The van der Waals surface area contributed by atoms with E-state index >= 15 is 0 Å². The van der Waals surface area contributed by atoms with Crippen molar-refractivity contribution < 1.29 is 34.0 Å². The Labute approximate surface area is 176 Å². The van der Waals surface area contributed by atoms with Crippen LogP contribution in [0.4, 0.5) is 0 Å². The number of carbonyl (C=O) groups is 1. The van der Waals surface area contributed by atoms with E-state index in [4.69, 9.17) is 18.9 Å². The van der Waals surface area contributed by atoms with Crippen LogP contribution in [0.3, 0.4) is 0 Å². The van der Waals surface area contributed by atoms with E-state index in [1.54, 1.807) is 30.3 Å². The average molecular weight is 418 g/mol. The average Bonchev–Trinajstić information content (AvgIpc) is 3.14. The molecule has 7 nitrogen and oxygen atoms in total. The molecule has 0 aromatic heterocycles. The summed E-state index contributed by atoms with van der Waals surface area (Å²) in [4.78, 5) is 12.8. The number of aliphatic hydroxyl groups excluding tert-OH is 2. The van der Waals surface area contributed by atoms with Crippen molar-refractivity contribution >= 4 is 5.97 Å². The Balaban J connectivity index is 1.62. The molecule has 7 heteroatoms. The van der Waals surface area contributed by atoms with Crippen LogP contribution >= 0.6 is 0 Å². The van der Waals surface area contributed by atoms with Crippen LogP contribution < -0.4 is 0 Å². The molecule has 30 heavy (non-hydrogen) atoms. The summed E-state index contributed by atoms with van der Waals surface area (Å²) in [7, 11) is 0. The SMILES string of the molecule is C=CCC1O[C@@H]([C@H](O)CO)C2OC3(CCCCC3)OC2C1OC(=O)c1ccccc1. The molecule has 0 amide bonds. The first-order valence-corrected chi connectivity index (χ1v) is 10.7. The van der Waals surface area contributed by atoms with Gasteiger partial charge in [-0.3, -0.25) is 0 Å². The third-order valence-electron chi connectivity index (χ3n) is 6.20. The Kier molecular flexibility index (Phi) is 6.55. The molecular weight excluding hydrogens is 388 g/mol. The zero-order chi connectivity index (χ0) is 21.1. The van der Waals surface area contributed by atoms with Crippen LogP contribution in [0.5, 0.6) is 0 Å². The second-order valence-electron chi connectivity index (χ2n) is 8.29. The third-order valence-corrected chi connectivity index (χ3v) is 6.20. The number of esters is 1. The highest BCUT2D eigenvalue weighted by atomic mass is 16.8. The summed E-state index contributed by atoms with van der Waals surface area (Å²) in [6.45, 7) is 3.32. The number of hydrogen-bond donors (Lipinski definition) is 2. The van der Waals surface area contributed by atoms with Crippen LogP contribution in [-0.4, -0.2) is 65.2 Å². The van der Waals surface area contributed by atoms with Crippen molar-refractivity contribution in [2.24, 2.45) is 0 Å². The van der Waals surface area contributed by atoms with Gasteiger partial charge < -0.3 is 29.2 Å². The topological polar surface area (TPSA) is 94.5 Å². The van der Waals surface area contributed by atoms with Gasteiger partial charge in [0.2, 0.25) is 0 Å². The summed E-state index contributed by atoms with van der Waals surface area (Å²) >= 11 is 0. The van der Waals surface area contributed by atoms with Gasteiger partial charge in [0.1, 0.15) is 30.5 Å². The van der Waals surface area contributed by atoms with Gasteiger partial charge in [-0.15, -0.1) is 6.58 Å². The normalized spacial score (nSPS) is 33.6. The lowest BCUT2D eigenvalue weighted by atomic mass is 9.91. The van der Waals surface area contributed by atoms with Gasteiger partial charge in [0.05, 0.1) is 12.2 Å². The van der Waals surface area contributed by atoms with Crippen LogP contribution in [0.1, 0.15) is 48.9 Å². The molecule has 2 heterocycles. The Morgan fingerprint density at radius 1 is 1.20 bits per heavy atom. The van der Waals surface area contributed by atoms with Crippen molar-refractivity contribution in [2.75, 3.05) is 6.61 Å². The molecule has 1 saturated carbocycles. The molecule has 1 aromatic rings. The molecule has 2 N–H and O–H groups in total. The van der Waals surface area contributed by atoms with E-state index in [2.05, 4.69) is 6.58 Å². The lowest BCUT2D eigenvalue weighted by Crippen LogP contribution is -2.61. The quantitative estimate of drug-likeness (QED) is 0.541. The smallest absolute Gasteiger partial charge is 0.338 e. The van der Waals surface area contributed by atoms with Crippen molar-refractivity contribution in [3.63, 3.8) is 0 Å². The van der Waals surface area contributed by atoms with Crippen LogP contribution in [-0.2, 0) is 18.9 Å². The molecule has 1 aliphatic carbocycles. The summed E-state index contributed by atoms with van der Waals surface area (Å²) < 4.78 is 24.8. The van der Waals surface area contributed by atoms with Crippen molar-refractivity contribution in [1.29, 1.82) is 0 Å². The van der Waals surface area contributed by atoms with E-state index in [0.717, 1.165) is 32.1 Å². The van der Waals surface area contributed by atoms with E-state index in [1.807, 2.05) is 6.07 Å². The number of ether oxygens (including phenoxy) is 4. The van der Waals surface area contributed by atoms with Crippen LogP contribution in [0.15, 0.2) is 43.0 Å². The molecule has 6 atom stereocenters. The predicted molar refractivity (Wildman–Crippen MR) is 108 cm³/mol. The van der Waals surface area contributed by atoms with E-state index in [0.29, 0.717) is 12.0 Å². The molecule has 0 bridgehead atoms. The lowest BCUT2D eigenvalue weighted by Gasteiger charge is -2.42. The number of aliphatic hydroxyl groups is 2. The van der Waals surface area contributed by atoms with Gasteiger partial charge in [-0.05, 0) is 31.4 Å². The number of fused-ring (bicyclic) bond motifs is 1. The molecule has 3 fully saturated rings. The fourth-order valence-electron chi connectivity index (χ4n) is 4.74. The van der Waals surface area contributed by atoms with E-state index in [-0.39, 0.29) is 0 Å². The molecular formula is C23H30O7. The Hall–Kier alpha value is -1.77. The van der Waals surface area contributed by atoms with E-state index in [9.17, 15) is 15.0 Å². The summed E-state index contributed by atoms with van der Waals surface area (Å²) in [5, 5.41) is 20.0. The number of hydrogen-bond acceptors (Lipinski definition) is 7. The molecule has 4 rings (SSSR count). The minimum Gasteiger partial charge on any atom is -0.453 e. The summed E-state index contributed by atoms with van der Waals surface area (Å²) in [6, 6.07) is 8.77. The number of carbonyl (C=O) groups excluding carboxylic acids is 1. The molecule has 4 unspecified atom stereocenters. The standard InChI is InChI=1S/C23H30O7/c1-2-9-17-19(28-22(26)15-10-5-3-6-11-15)21-20(18(27-17)16(25)14-24)29-23(30-21)12-7-4-8-13-23/h2-3,5-6,10-11,16-21,24-25H,1,4,7-9,12-14H2/t16-,17?,18+,19?,20?,21?/m1/s1. The number of rotatable bonds is 6. The molecule has 2 saturated heterocycles. The van der Waals surface area contributed by atoms with Gasteiger partial charge in [0.15, 0.2) is 11.9 Å². The van der Waals surface area contributed by atoms with Crippen molar-refractivity contribution in [2.45, 2.75) is 80.9 Å². The number of benzene rings is 1. The molecule has 2 aliphatic heterocycles. The molecule has 1 aromatic carbocycles. The van der Waals surface area contributed by atoms with E-state index in [1.165, 1.54) is 0 Å². The molecule has 0 radical (unpaired) electrons. The third kappa shape index (κ3) is 4.18. The Bertz CT molecular complexity index is 730. The Morgan fingerprint density at radius 3 is 2.57 bits per heavy atom. The highest BCUT2D eigenvalue weighted by molar-refractivity contribution is 5.89. The predicted octanol–water partition coefficient (Wildman–Crippen LogP) is 2.35. The van der Waals surface area contributed by atoms with Crippen LogP contribution in [0.2, 0.25) is 0 Å². The first-order valence-electron chi connectivity index (χ1n) is 10.7. The van der Waals surface area contributed by atoms with Crippen molar-refractivity contribution in [1.82, 2.24) is 0 Å². The highest BCUT2D eigenvalue weighted by Gasteiger charge is 2.60. The van der Waals surface area contributed by atoms with Crippen LogP contribution in [0.25, 0.3) is 0 Å². The van der Waals surface area contributed by atoms with Crippen molar-refractivity contribution in [3.05, 3.63) is 48.6 Å². The molecule has 3 aliphatic rings. The second kappa shape index (κ2) is 9.16. The van der Waals surface area contributed by atoms with Crippen LogP contribution in [0, 0.1) is 0 Å².